The van der Waals surface area contributed by atoms with Crippen LogP contribution < -0.4 is 0 Å². The minimum absolute atomic E-state index is 0.00231. The molecule has 1 fully saturated rings. The van der Waals surface area contributed by atoms with Crippen LogP contribution in [0.2, 0.25) is 5.15 Å². The number of hydrogen-bond donors (Lipinski definition) is 0. The number of pyridine rings is 1. The molecule has 0 bridgehead atoms. The van der Waals surface area contributed by atoms with E-state index >= 15 is 0 Å². The highest BCUT2D eigenvalue weighted by atomic mass is 35.5. The summed E-state index contributed by atoms with van der Waals surface area (Å²) in [6, 6.07) is 3.89. The molecule has 86 valence electrons. The number of carbonyl (C=O) groups is 1. The maximum Gasteiger partial charge on any atom is 0.257 e. The zero-order valence-electron chi connectivity index (χ0n) is 9.53. The van der Waals surface area contributed by atoms with Gasteiger partial charge in [0.2, 0.25) is 0 Å². The lowest BCUT2D eigenvalue weighted by Crippen LogP contribution is -2.33. The van der Waals surface area contributed by atoms with E-state index in [4.69, 9.17) is 11.6 Å². The molecule has 0 saturated carbocycles. The third-order valence-corrected chi connectivity index (χ3v) is 3.32. The highest BCUT2D eigenvalue weighted by molar-refractivity contribution is 6.32. The summed E-state index contributed by atoms with van der Waals surface area (Å²) in [7, 11) is 0. The molecule has 1 aliphatic heterocycles. The second kappa shape index (κ2) is 4.42. The number of hydrogen-bond acceptors (Lipinski definition) is 2. The molecule has 0 spiro atoms. The van der Waals surface area contributed by atoms with Gasteiger partial charge in [0.25, 0.3) is 5.91 Å². The molecule has 3 nitrogen and oxygen atoms in total. The zero-order chi connectivity index (χ0) is 11.7. The number of carbonyl (C=O) groups excluding carboxylic acids is 1. The summed E-state index contributed by atoms with van der Waals surface area (Å²) < 4.78 is 0. The van der Waals surface area contributed by atoms with Gasteiger partial charge >= 0.3 is 0 Å². The Morgan fingerprint density at radius 1 is 1.56 bits per heavy atom. The Hall–Kier alpha value is -1.09. The van der Waals surface area contributed by atoms with E-state index in [1.807, 2.05) is 17.9 Å². The van der Waals surface area contributed by atoms with Crippen LogP contribution in [0.4, 0.5) is 0 Å². The standard InChI is InChI=1S/C12H15ClN2O/c1-8-5-6-10(11(13)14-8)12(16)15-7-3-4-9(15)2/h5-6,9H,3-4,7H2,1-2H3. The Bertz CT molecular complexity index is 419. The third kappa shape index (κ3) is 2.05. The monoisotopic (exact) mass is 238 g/mol. The fraction of sp³-hybridized carbons (Fsp3) is 0.500. The number of amides is 1. The number of aryl methyl sites for hydroxylation is 1. The molecule has 2 heterocycles. The van der Waals surface area contributed by atoms with Crippen LogP contribution in [0.1, 0.15) is 35.8 Å². The maximum atomic E-state index is 12.2. The van der Waals surface area contributed by atoms with Crippen LogP contribution in [-0.2, 0) is 0 Å². The van der Waals surface area contributed by atoms with Gasteiger partial charge in [-0.25, -0.2) is 4.98 Å². The number of halogens is 1. The van der Waals surface area contributed by atoms with Crippen molar-refractivity contribution in [2.75, 3.05) is 6.54 Å². The zero-order valence-corrected chi connectivity index (χ0v) is 10.3. The summed E-state index contributed by atoms with van der Waals surface area (Å²) in [5.74, 6) is 0.00231. The van der Waals surface area contributed by atoms with Gasteiger partial charge < -0.3 is 4.90 Å². The van der Waals surface area contributed by atoms with Crippen molar-refractivity contribution >= 4 is 17.5 Å². The molecule has 1 amide bonds. The Morgan fingerprint density at radius 2 is 2.31 bits per heavy atom. The first-order valence-corrected chi connectivity index (χ1v) is 5.91. The quantitative estimate of drug-likeness (QED) is 0.705. The molecule has 0 aliphatic carbocycles. The Labute approximate surface area is 100 Å². The van der Waals surface area contributed by atoms with E-state index in [1.165, 1.54) is 0 Å². The molecule has 1 unspecified atom stereocenters. The van der Waals surface area contributed by atoms with E-state index in [1.54, 1.807) is 6.07 Å². The minimum atomic E-state index is 0.00231. The largest absolute Gasteiger partial charge is 0.336 e. The average molecular weight is 239 g/mol. The van der Waals surface area contributed by atoms with E-state index < -0.39 is 0 Å². The first kappa shape index (κ1) is 11.4. The highest BCUT2D eigenvalue weighted by Crippen LogP contribution is 2.22. The SMILES string of the molecule is Cc1ccc(C(=O)N2CCCC2C)c(Cl)n1. The van der Waals surface area contributed by atoms with Gasteiger partial charge in [0.05, 0.1) is 5.56 Å². The normalized spacial score (nSPS) is 20.2. The highest BCUT2D eigenvalue weighted by Gasteiger charge is 2.27. The fourth-order valence-electron chi connectivity index (χ4n) is 2.07. The smallest absolute Gasteiger partial charge is 0.257 e. The fourth-order valence-corrected chi connectivity index (χ4v) is 2.35. The Morgan fingerprint density at radius 3 is 2.88 bits per heavy atom. The van der Waals surface area contributed by atoms with Crippen molar-refractivity contribution in [1.29, 1.82) is 0 Å². The van der Waals surface area contributed by atoms with E-state index in [-0.39, 0.29) is 5.91 Å². The van der Waals surface area contributed by atoms with Gasteiger partial charge in [0.1, 0.15) is 5.15 Å². The molecular weight excluding hydrogens is 224 g/mol. The van der Waals surface area contributed by atoms with Gasteiger partial charge in [-0.3, -0.25) is 4.79 Å². The summed E-state index contributed by atoms with van der Waals surface area (Å²) in [6.45, 7) is 4.75. The Kier molecular flexibility index (Phi) is 3.15. The van der Waals surface area contributed by atoms with Crippen molar-refractivity contribution in [2.24, 2.45) is 0 Å². The predicted molar refractivity (Wildman–Crippen MR) is 63.7 cm³/mol. The van der Waals surface area contributed by atoms with Gasteiger partial charge in [-0.05, 0) is 38.8 Å². The lowest BCUT2D eigenvalue weighted by molar-refractivity contribution is 0.0747. The van der Waals surface area contributed by atoms with E-state index in [0.29, 0.717) is 16.8 Å². The van der Waals surface area contributed by atoms with Crippen LogP contribution in [0.5, 0.6) is 0 Å². The number of rotatable bonds is 1. The average Bonchev–Trinajstić information content (AvgIpc) is 2.63. The van der Waals surface area contributed by atoms with E-state index in [2.05, 4.69) is 11.9 Å². The van der Waals surface area contributed by atoms with Gasteiger partial charge in [0.15, 0.2) is 0 Å². The molecule has 0 N–H and O–H groups in total. The number of nitrogens with zero attached hydrogens (tertiary/aromatic N) is 2. The van der Waals surface area contributed by atoms with Crippen LogP contribution in [-0.4, -0.2) is 28.4 Å². The summed E-state index contributed by atoms with van der Waals surface area (Å²) in [6.07, 6.45) is 2.15. The van der Waals surface area contributed by atoms with Crippen molar-refractivity contribution in [3.05, 3.63) is 28.5 Å². The van der Waals surface area contributed by atoms with Crippen LogP contribution in [0.3, 0.4) is 0 Å². The van der Waals surface area contributed by atoms with Gasteiger partial charge in [0, 0.05) is 18.3 Å². The molecule has 1 saturated heterocycles. The molecule has 16 heavy (non-hydrogen) atoms. The van der Waals surface area contributed by atoms with Gasteiger partial charge in [-0.2, -0.15) is 0 Å². The lowest BCUT2D eigenvalue weighted by atomic mass is 10.2. The van der Waals surface area contributed by atoms with Crippen LogP contribution >= 0.6 is 11.6 Å². The van der Waals surface area contributed by atoms with Crippen LogP contribution in [0.15, 0.2) is 12.1 Å². The summed E-state index contributed by atoms with van der Waals surface area (Å²) in [5.41, 5.74) is 1.34. The first-order valence-electron chi connectivity index (χ1n) is 5.53. The molecule has 0 radical (unpaired) electrons. The van der Waals surface area contributed by atoms with E-state index in [9.17, 15) is 4.79 Å². The molecule has 2 rings (SSSR count). The molecular formula is C12H15ClN2O. The molecule has 1 atom stereocenters. The number of aromatic nitrogens is 1. The lowest BCUT2D eigenvalue weighted by Gasteiger charge is -2.21. The second-order valence-electron chi connectivity index (χ2n) is 4.28. The van der Waals surface area contributed by atoms with Crippen LogP contribution in [0.25, 0.3) is 0 Å². The maximum absolute atomic E-state index is 12.2. The topological polar surface area (TPSA) is 33.2 Å². The van der Waals surface area contributed by atoms with Crippen molar-refractivity contribution < 1.29 is 4.79 Å². The van der Waals surface area contributed by atoms with Gasteiger partial charge in [-0.15, -0.1) is 0 Å². The van der Waals surface area contributed by atoms with Crippen molar-refractivity contribution in [1.82, 2.24) is 9.88 Å². The van der Waals surface area contributed by atoms with Gasteiger partial charge in [-0.1, -0.05) is 11.6 Å². The first-order chi connectivity index (χ1) is 7.59. The summed E-state index contributed by atoms with van der Waals surface area (Å²) in [4.78, 5) is 18.2. The second-order valence-corrected chi connectivity index (χ2v) is 4.64. The van der Waals surface area contributed by atoms with Crippen LogP contribution in [0, 0.1) is 6.92 Å². The minimum Gasteiger partial charge on any atom is -0.336 e. The van der Waals surface area contributed by atoms with Crippen molar-refractivity contribution in [3.63, 3.8) is 0 Å². The predicted octanol–water partition coefficient (Wildman–Crippen LogP) is 2.67. The number of likely N-dealkylation sites (tertiary alicyclic amines) is 1. The van der Waals surface area contributed by atoms with E-state index in [0.717, 1.165) is 25.1 Å². The van der Waals surface area contributed by atoms with Crippen molar-refractivity contribution in [2.45, 2.75) is 32.7 Å². The molecule has 1 aromatic rings. The molecule has 1 aromatic heterocycles. The summed E-state index contributed by atoms with van der Waals surface area (Å²) >= 11 is 5.99. The molecule has 1 aliphatic rings. The third-order valence-electron chi connectivity index (χ3n) is 3.03. The molecule has 0 aromatic carbocycles. The van der Waals surface area contributed by atoms with Crippen molar-refractivity contribution in [3.8, 4) is 0 Å². The Balaban J connectivity index is 2.27. The summed E-state index contributed by atoms with van der Waals surface area (Å²) in [5, 5.41) is 0.309. The molecule has 4 heteroatoms.